The minimum atomic E-state index is -0.441. The summed E-state index contributed by atoms with van der Waals surface area (Å²) in [6, 6.07) is 21.3. The molecule has 3 aromatic rings. The van der Waals surface area contributed by atoms with Gasteiger partial charge in [-0.25, -0.2) is 0 Å². The first-order valence-corrected chi connectivity index (χ1v) is 11.1. The molecule has 0 aliphatic heterocycles. The molecule has 146 valence electrons. The maximum atomic E-state index is 13.1. The van der Waals surface area contributed by atoms with Crippen LogP contribution in [0.4, 0.5) is 5.69 Å². The Morgan fingerprint density at radius 3 is 2.00 bits per heavy atom. The SMILES string of the molecule is O=C(/C(=C\c1ccc([N+](=O)[O-])cc1)SCc1ccc(Br)cc1)c1ccc(Br)cc1. The Kier molecular flexibility index (Phi) is 7.41. The van der Waals surface area contributed by atoms with Crippen molar-refractivity contribution >= 4 is 61.2 Å². The maximum Gasteiger partial charge on any atom is 0.269 e. The van der Waals surface area contributed by atoms with Gasteiger partial charge in [0.1, 0.15) is 0 Å². The second kappa shape index (κ2) is 10.0. The fraction of sp³-hybridized carbons (Fsp3) is 0.0455. The van der Waals surface area contributed by atoms with Crippen molar-refractivity contribution in [1.29, 1.82) is 0 Å². The van der Waals surface area contributed by atoms with E-state index < -0.39 is 4.92 Å². The predicted molar refractivity (Wildman–Crippen MR) is 125 cm³/mol. The van der Waals surface area contributed by atoms with Crippen molar-refractivity contribution in [3.8, 4) is 0 Å². The van der Waals surface area contributed by atoms with Crippen LogP contribution in [0.3, 0.4) is 0 Å². The molecule has 0 heterocycles. The van der Waals surface area contributed by atoms with Gasteiger partial charge in [0.2, 0.25) is 0 Å². The molecule has 0 aromatic heterocycles. The fourth-order valence-electron chi connectivity index (χ4n) is 2.50. The average Bonchev–Trinajstić information content (AvgIpc) is 2.72. The summed E-state index contributed by atoms with van der Waals surface area (Å²) in [6.45, 7) is 0. The highest BCUT2D eigenvalue weighted by Crippen LogP contribution is 2.28. The molecule has 3 aromatic carbocycles. The number of thioether (sulfide) groups is 1. The number of carbonyl (C=O) groups excluding carboxylic acids is 1. The second-order valence-electron chi connectivity index (χ2n) is 6.11. The van der Waals surface area contributed by atoms with Crippen LogP contribution in [0.5, 0.6) is 0 Å². The molecule has 0 aliphatic carbocycles. The first-order chi connectivity index (χ1) is 13.9. The van der Waals surface area contributed by atoms with Crippen molar-refractivity contribution in [2.75, 3.05) is 0 Å². The van der Waals surface area contributed by atoms with Crippen LogP contribution in [0, 0.1) is 10.1 Å². The van der Waals surface area contributed by atoms with Crippen molar-refractivity contribution < 1.29 is 9.72 Å². The van der Waals surface area contributed by atoms with Crippen LogP contribution in [0.25, 0.3) is 6.08 Å². The maximum absolute atomic E-state index is 13.1. The van der Waals surface area contributed by atoms with E-state index in [9.17, 15) is 14.9 Å². The number of ketones is 1. The van der Waals surface area contributed by atoms with E-state index in [1.54, 1.807) is 30.3 Å². The molecule has 0 unspecified atom stereocenters. The molecule has 0 bridgehead atoms. The normalized spacial score (nSPS) is 11.3. The summed E-state index contributed by atoms with van der Waals surface area (Å²) in [5.41, 5.74) is 2.44. The third-order valence-corrected chi connectivity index (χ3v) is 6.19. The number of benzene rings is 3. The molecule has 0 radical (unpaired) electrons. The number of halogens is 2. The van der Waals surface area contributed by atoms with E-state index in [4.69, 9.17) is 0 Å². The molecule has 0 saturated carbocycles. The summed E-state index contributed by atoms with van der Waals surface area (Å²) in [5, 5.41) is 10.9. The van der Waals surface area contributed by atoms with Crippen LogP contribution in [0.1, 0.15) is 21.5 Å². The molecule has 3 rings (SSSR count). The number of nitro benzene ring substituents is 1. The van der Waals surface area contributed by atoms with E-state index in [1.807, 2.05) is 36.4 Å². The number of allylic oxidation sites excluding steroid dienone is 1. The highest BCUT2D eigenvalue weighted by molar-refractivity contribution is 9.10. The zero-order valence-corrected chi connectivity index (χ0v) is 19.0. The van der Waals surface area contributed by atoms with Crippen LogP contribution in [-0.2, 0) is 5.75 Å². The lowest BCUT2D eigenvalue weighted by Crippen LogP contribution is -2.01. The minimum absolute atomic E-state index is 0.0189. The lowest BCUT2D eigenvalue weighted by molar-refractivity contribution is -0.384. The van der Waals surface area contributed by atoms with Gasteiger partial charge in [-0.3, -0.25) is 14.9 Å². The lowest BCUT2D eigenvalue weighted by Gasteiger charge is -2.08. The van der Waals surface area contributed by atoms with Gasteiger partial charge in [-0.15, -0.1) is 11.8 Å². The number of hydrogen-bond acceptors (Lipinski definition) is 4. The first-order valence-electron chi connectivity index (χ1n) is 8.56. The van der Waals surface area contributed by atoms with Gasteiger partial charge in [-0.2, -0.15) is 0 Å². The van der Waals surface area contributed by atoms with E-state index in [1.165, 1.54) is 23.9 Å². The molecule has 0 atom stereocenters. The first kappa shape index (κ1) is 21.5. The van der Waals surface area contributed by atoms with Crippen molar-refractivity contribution in [3.05, 3.63) is 113 Å². The summed E-state index contributed by atoms with van der Waals surface area (Å²) in [4.78, 5) is 24.1. The smallest absolute Gasteiger partial charge is 0.269 e. The van der Waals surface area contributed by atoms with Gasteiger partial charge in [0.25, 0.3) is 5.69 Å². The van der Waals surface area contributed by atoms with E-state index >= 15 is 0 Å². The Morgan fingerprint density at radius 1 is 0.897 bits per heavy atom. The van der Waals surface area contributed by atoms with Gasteiger partial charge in [0, 0.05) is 32.4 Å². The van der Waals surface area contributed by atoms with Crippen LogP contribution in [0.2, 0.25) is 0 Å². The van der Waals surface area contributed by atoms with Crippen LogP contribution < -0.4 is 0 Å². The summed E-state index contributed by atoms with van der Waals surface area (Å²) in [5.74, 6) is 0.548. The second-order valence-corrected chi connectivity index (χ2v) is 8.96. The number of nitro groups is 1. The van der Waals surface area contributed by atoms with Gasteiger partial charge >= 0.3 is 0 Å². The molecule has 7 heteroatoms. The Hall–Kier alpha value is -2.22. The van der Waals surface area contributed by atoms with Gasteiger partial charge in [-0.1, -0.05) is 44.0 Å². The van der Waals surface area contributed by atoms with Crippen LogP contribution in [-0.4, -0.2) is 10.7 Å². The molecular weight excluding hydrogens is 518 g/mol. The molecule has 0 N–H and O–H groups in total. The summed E-state index contributed by atoms with van der Waals surface area (Å²) < 4.78 is 1.90. The minimum Gasteiger partial charge on any atom is -0.288 e. The Morgan fingerprint density at radius 2 is 1.45 bits per heavy atom. The molecule has 4 nitrogen and oxygen atoms in total. The van der Waals surface area contributed by atoms with Crippen molar-refractivity contribution in [1.82, 2.24) is 0 Å². The average molecular weight is 533 g/mol. The van der Waals surface area contributed by atoms with E-state index in [0.29, 0.717) is 16.2 Å². The van der Waals surface area contributed by atoms with Crippen molar-refractivity contribution in [2.45, 2.75) is 5.75 Å². The molecule has 0 aliphatic rings. The third kappa shape index (κ3) is 6.13. The Labute approximate surface area is 189 Å². The molecule has 29 heavy (non-hydrogen) atoms. The molecule has 0 amide bonds. The van der Waals surface area contributed by atoms with Gasteiger partial charge < -0.3 is 0 Å². The zero-order chi connectivity index (χ0) is 20.8. The van der Waals surface area contributed by atoms with Crippen molar-refractivity contribution in [2.24, 2.45) is 0 Å². The highest BCUT2D eigenvalue weighted by Gasteiger charge is 2.14. The van der Waals surface area contributed by atoms with Crippen molar-refractivity contribution in [3.63, 3.8) is 0 Å². The van der Waals surface area contributed by atoms with Crippen LogP contribution in [0.15, 0.2) is 86.6 Å². The van der Waals surface area contributed by atoms with Gasteiger partial charge in [0.15, 0.2) is 5.78 Å². The predicted octanol–water partition coefficient (Wildman–Crippen LogP) is 7.28. The molecule has 0 fully saturated rings. The Bertz CT molecular complexity index is 1050. The number of hydrogen-bond donors (Lipinski definition) is 0. The summed E-state index contributed by atoms with van der Waals surface area (Å²) >= 11 is 8.25. The number of Topliss-reactive ketones (excluding diaryl/α,β-unsaturated/α-hetero) is 1. The van der Waals surface area contributed by atoms with E-state index in [2.05, 4.69) is 31.9 Å². The van der Waals surface area contributed by atoms with Gasteiger partial charge in [-0.05, 0) is 65.7 Å². The number of carbonyl (C=O) groups is 1. The molecular formula is C22H15Br2NO3S. The quantitative estimate of drug-likeness (QED) is 0.139. The van der Waals surface area contributed by atoms with E-state index in [-0.39, 0.29) is 11.5 Å². The Balaban J connectivity index is 1.88. The standard InChI is InChI=1S/C22H15Br2NO3S/c23-18-7-1-16(2-8-18)14-29-21(22(26)17-5-9-19(24)10-6-17)13-15-3-11-20(12-4-15)25(27)28/h1-13H,14H2/b21-13+. The van der Waals surface area contributed by atoms with E-state index in [0.717, 1.165) is 20.1 Å². The zero-order valence-electron chi connectivity index (χ0n) is 15.0. The summed E-state index contributed by atoms with van der Waals surface area (Å²) in [6.07, 6.45) is 1.78. The third-order valence-electron chi connectivity index (χ3n) is 4.04. The number of non-ortho nitro benzene ring substituents is 1. The highest BCUT2D eigenvalue weighted by atomic mass is 79.9. The summed E-state index contributed by atoms with van der Waals surface area (Å²) in [7, 11) is 0. The number of rotatable bonds is 7. The number of nitrogens with zero attached hydrogens (tertiary/aromatic N) is 1. The van der Waals surface area contributed by atoms with Crippen LogP contribution >= 0.6 is 43.6 Å². The molecule has 0 spiro atoms. The van der Waals surface area contributed by atoms with Gasteiger partial charge in [0.05, 0.1) is 9.83 Å². The largest absolute Gasteiger partial charge is 0.288 e. The monoisotopic (exact) mass is 531 g/mol. The lowest BCUT2D eigenvalue weighted by atomic mass is 10.1. The molecule has 0 saturated heterocycles. The topological polar surface area (TPSA) is 60.2 Å². The fourth-order valence-corrected chi connectivity index (χ4v) is 4.01.